The van der Waals surface area contributed by atoms with Gasteiger partial charge in [0.25, 0.3) is 15.9 Å². The van der Waals surface area contributed by atoms with Crippen molar-refractivity contribution in [2.24, 2.45) is 11.8 Å². The second-order valence-corrected chi connectivity index (χ2v) is 9.91. The smallest absolute Gasteiger partial charge is 0.261 e. The molecular formula is C23H30N2O3S. The molecule has 0 unspecified atom stereocenters. The van der Waals surface area contributed by atoms with E-state index in [1.807, 2.05) is 26.0 Å². The average molecular weight is 415 g/mol. The van der Waals surface area contributed by atoms with Gasteiger partial charge in [0.1, 0.15) is 0 Å². The Morgan fingerprint density at radius 2 is 1.69 bits per heavy atom. The molecule has 1 aliphatic carbocycles. The topological polar surface area (TPSA) is 75.3 Å². The molecule has 1 fully saturated rings. The van der Waals surface area contributed by atoms with Crippen LogP contribution in [0.1, 0.15) is 54.6 Å². The molecule has 3 atom stereocenters. The third kappa shape index (κ3) is 4.81. The van der Waals surface area contributed by atoms with Crippen molar-refractivity contribution in [3.63, 3.8) is 0 Å². The number of sulfonamides is 1. The maximum absolute atomic E-state index is 12.7. The van der Waals surface area contributed by atoms with Crippen LogP contribution in [0.2, 0.25) is 0 Å². The summed E-state index contributed by atoms with van der Waals surface area (Å²) in [6, 6.07) is 11.8. The van der Waals surface area contributed by atoms with Crippen molar-refractivity contribution in [1.29, 1.82) is 0 Å². The number of carbonyl (C=O) groups excluding carboxylic acids is 1. The molecule has 0 heterocycles. The van der Waals surface area contributed by atoms with Gasteiger partial charge in [0.05, 0.1) is 10.6 Å². The van der Waals surface area contributed by atoms with Gasteiger partial charge < -0.3 is 5.32 Å². The van der Waals surface area contributed by atoms with E-state index in [0.717, 1.165) is 24.0 Å². The van der Waals surface area contributed by atoms with E-state index in [2.05, 4.69) is 23.9 Å². The maximum Gasteiger partial charge on any atom is 0.261 e. The van der Waals surface area contributed by atoms with Crippen LogP contribution in [-0.4, -0.2) is 20.4 Å². The molecule has 0 spiro atoms. The normalized spacial score (nSPS) is 22.1. The first kappa shape index (κ1) is 21.4. The van der Waals surface area contributed by atoms with Crippen molar-refractivity contribution in [2.75, 3.05) is 4.72 Å². The van der Waals surface area contributed by atoms with Gasteiger partial charge in [-0.1, -0.05) is 38.8 Å². The number of carbonyl (C=O) groups is 1. The van der Waals surface area contributed by atoms with Crippen molar-refractivity contribution < 1.29 is 13.2 Å². The summed E-state index contributed by atoms with van der Waals surface area (Å²) < 4.78 is 28.1. The van der Waals surface area contributed by atoms with Crippen LogP contribution in [0.15, 0.2) is 47.4 Å². The maximum atomic E-state index is 12.7. The Morgan fingerprint density at radius 1 is 1.00 bits per heavy atom. The first-order valence-electron chi connectivity index (χ1n) is 10.2. The predicted molar refractivity (Wildman–Crippen MR) is 117 cm³/mol. The van der Waals surface area contributed by atoms with E-state index in [1.54, 1.807) is 18.2 Å². The molecule has 2 aromatic carbocycles. The monoisotopic (exact) mass is 414 g/mol. The zero-order valence-corrected chi connectivity index (χ0v) is 18.3. The highest BCUT2D eigenvalue weighted by molar-refractivity contribution is 7.92. The van der Waals surface area contributed by atoms with Gasteiger partial charge in [-0.2, -0.15) is 0 Å². The van der Waals surface area contributed by atoms with E-state index in [4.69, 9.17) is 0 Å². The summed E-state index contributed by atoms with van der Waals surface area (Å²) in [5.74, 6) is 0.884. The number of amides is 1. The van der Waals surface area contributed by atoms with Crippen molar-refractivity contribution in [1.82, 2.24) is 5.32 Å². The van der Waals surface area contributed by atoms with Crippen LogP contribution in [0.3, 0.4) is 0 Å². The Hall–Kier alpha value is -2.34. The highest BCUT2D eigenvalue weighted by Crippen LogP contribution is 2.29. The number of aryl methyl sites for hydroxylation is 1. The largest absolute Gasteiger partial charge is 0.349 e. The molecule has 156 valence electrons. The Morgan fingerprint density at radius 3 is 2.38 bits per heavy atom. The zero-order chi connectivity index (χ0) is 21.2. The Kier molecular flexibility index (Phi) is 6.32. The molecular weight excluding hydrogens is 384 g/mol. The lowest BCUT2D eigenvalue weighted by Gasteiger charge is -2.34. The highest BCUT2D eigenvalue weighted by atomic mass is 32.2. The fourth-order valence-electron chi connectivity index (χ4n) is 3.89. The standard InChI is InChI=1S/C23H30N2O3S/c1-15-7-5-9-21(17(15)3)24-23(26)19-11-13-20(14-12-19)29(27,28)25-22-10-6-8-16(2)18(22)4/h6,8,10-15,17,21,25H,5,7,9H2,1-4H3,(H,24,26)/t15-,17+,21-/m1/s1. The predicted octanol–water partition coefficient (Wildman–Crippen LogP) is 4.66. The highest BCUT2D eigenvalue weighted by Gasteiger charge is 2.28. The molecule has 1 amide bonds. The summed E-state index contributed by atoms with van der Waals surface area (Å²) in [7, 11) is -3.72. The van der Waals surface area contributed by atoms with Crippen LogP contribution in [-0.2, 0) is 10.0 Å². The second kappa shape index (κ2) is 8.57. The lowest BCUT2D eigenvalue weighted by molar-refractivity contribution is 0.0891. The van der Waals surface area contributed by atoms with E-state index in [9.17, 15) is 13.2 Å². The molecule has 2 N–H and O–H groups in total. The van der Waals surface area contributed by atoms with Crippen LogP contribution < -0.4 is 10.0 Å². The molecule has 5 nitrogen and oxygen atoms in total. The number of benzene rings is 2. The Bertz CT molecular complexity index is 984. The van der Waals surface area contributed by atoms with E-state index in [0.29, 0.717) is 23.1 Å². The quantitative estimate of drug-likeness (QED) is 0.747. The minimum absolute atomic E-state index is 0.134. The number of nitrogens with one attached hydrogen (secondary N) is 2. The zero-order valence-electron chi connectivity index (χ0n) is 17.5. The molecule has 29 heavy (non-hydrogen) atoms. The fourth-order valence-corrected chi connectivity index (χ4v) is 5.01. The lowest BCUT2D eigenvalue weighted by Crippen LogP contribution is -2.43. The summed E-state index contributed by atoms with van der Waals surface area (Å²) in [4.78, 5) is 12.8. The van der Waals surface area contributed by atoms with Gasteiger partial charge in [-0.25, -0.2) is 8.42 Å². The van der Waals surface area contributed by atoms with Crippen molar-refractivity contribution in [2.45, 2.75) is 57.9 Å². The summed E-state index contributed by atoms with van der Waals surface area (Å²) in [6.45, 7) is 8.23. The molecule has 0 radical (unpaired) electrons. The average Bonchev–Trinajstić information content (AvgIpc) is 2.69. The first-order chi connectivity index (χ1) is 13.7. The van der Waals surface area contributed by atoms with E-state index in [1.165, 1.54) is 18.6 Å². The van der Waals surface area contributed by atoms with Gasteiger partial charge in [-0.05, 0) is 73.6 Å². The molecule has 0 aromatic heterocycles. The van der Waals surface area contributed by atoms with Gasteiger partial charge in [0.15, 0.2) is 0 Å². The van der Waals surface area contributed by atoms with E-state index >= 15 is 0 Å². The van der Waals surface area contributed by atoms with Crippen LogP contribution in [0.5, 0.6) is 0 Å². The SMILES string of the molecule is Cc1cccc(NS(=O)(=O)c2ccc(C(=O)N[C@@H]3CCC[C@@H](C)[C@@H]3C)cc2)c1C. The summed E-state index contributed by atoms with van der Waals surface area (Å²) in [6.07, 6.45) is 3.31. The fraction of sp³-hybridized carbons (Fsp3) is 0.435. The van der Waals surface area contributed by atoms with Gasteiger partial charge in [-0.15, -0.1) is 0 Å². The third-order valence-corrected chi connectivity index (χ3v) is 7.68. The molecule has 1 saturated carbocycles. The van der Waals surface area contributed by atoms with Crippen LogP contribution in [0.25, 0.3) is 0 Å². The Labute approximate surface area is 174 Å². The summed E-state index contributed by atoms with van der Waals surface area (Å²) in [5.41, 5.74) is 2.94. The second-order valence-electron chi connectivity index (χ2n) is 8.22. The molecule has 0 saturated heterocycles. The molecule has 0 bridgehead atoms. The van der Waals surface area contributed by atoms with Crippen molar-refractivity contribution >= 4 is 21.6 Å². The van der Waals surface area contributed by atoms with Gasteiger partial charge in [-0.3, -0.25) is 9.52 Å². The molecule has 6 heteroatoms. The molecule has 0 aliphatic heterocycles. The minimum atomic E-state index is -3.72. The van der Waals surface area contributed by atoms with E-state index in [-0.39, 0.29) is 16.8 Å². The van der Waals surface area contributed by atoms with E-state index < -0.39 is 10.0 Å². The Balaban J connectivity index is 1.72. The number of anilines is 1. The molecule has 1 aliphatic rings. The van der Waals surface area contributed by atoms with Gasteiger partial charge in [0.2, 0.25) is 0 Å². The van der Waals surface area contributed by atoms with Crippen LogP contribution in [0.4, 0.5) is 5.69 Å². The lowest BCUT2D eigenvalue weighted by atomic mass is 9.78. The minimum Gasteiger partial charge on any atom is -0.349 e. The number of hydrogen-bond donors (Lipinski definition) is 2. The number of rotatable bonds is 5. The number of hydrogen-bond acceptors (Lipinski definition) is 3. The first-order valence-corrected chi connectivity index (χ1v) is 11.7. The van der Waals surface area contributed by atoms with Gasteiger partial charge in [0, 0.05) is 11.6 Å². The summed E-state index contributed by atoms with van der Waals surface area (Å²) in [5, 5.41) is 3.12. The summed E-state index contributed by atoms with van der Waals surface area (Å²) >= 11 is 0. The van der Waals surface area contributed by atoms with Crippen molar-refractivity contribution in [3.05, 3.63) is 59.2 Å². The van der Waals surface area contributed by atoms with Gasteiger partial charge >= 0.3 is 0 Å². The van der Waals surface area contributed by atoms with Crippen LogP contribution >= 0.6 is 0 Å². The molecule has 2 aromatic rings. The third-order valence-electron chi connectivity index (χ3n) is 6.30. The van der Waals surface area contributed by atoms with Crippen LogP contribution in [0, 0.1) is 25.7 Å². The van der Waals surface area contributed by atoms with Crippen molar-refractivity contribution in [3.8, 4) is 0 Å². The molecule has 3 rings (SSSR count).